The maximum atomic E-state index is 10.9. The van der Waals surface area contributed by atoms with Gasteiger partial charge in [0.15, 0.2) is 5.13 Å². The van der Waals surface area contributed by atoms with E-state index in [1.807, 2.05) is 24.3 Å². The van der Waals surface area contributed by atoms with Gasteiger partial charge in [0.25, 0.3) is 0 Å². The molecule has 0 unspecified atom stereocenters. The normalized spacial score (nSPS) is 14.5. The smallest absolute Gasteiger partial charge is 0.323 e. The Morgan fingerprint density at radius 2 is 2.14 bits per heavy atom. The summed E-state index contributed by atoms with van der Waals surface area (Å²) < 4.78 is 13.0. The van der Waals surface area contributed by atoms with Gasteiger partial charge in [-0.25, -0.2) is 4.98 Å². The molecule has 0 radical (unpaired) electrons. The minimum atomic E-state index is -0.854. The number of anilines is 1. The first-order valence-electron chi connectivity index (χ1n) is 9.32. The number of fused-ring (bicyclic) bond motifs is 1. The van der Waals surface area contributed by atoms with Crippen LogP contribution in [0.1, 0.15) is 10.6 Å². The average Bonchev–Trinajstić information content (AvgIpc) is 3.26. The van der Waals surface area contributed by atoms with Crippen LogP contribution < -0.4 is 9.64 Å². The number of hydrogen-bond donors (Lipinski definition) is 1. The molecule has 1 fully saturated rings. The van der Waals surface area contributed by atoms with E-state index in [-0.39, 0.29) is 6.54 Å². The molecule has 0 spiro atoms. The van der Waals surface area contributed by atoms with E-state index in [4.69, 9.17) is 19.6 Å². The molecule has 2 aromatic heterocycles. The molecule has 1 aromatic carbocycles. The van der Waals surface area contributed by atoms with Gasteiger partial charge in [-0.2, -0.15) is 0 Å². The standard InChI is InChI=1S/C20H23N3O4S/c1-14-17(21-20(28-14)22-7-10-26-11-8-22)5-9-27-16-2-3-18-15(12-16)4-6-23(18)13-19(24)25/h2-4,6,12H,5,7-11,13H2,1H3,(H,24,25). The van der Waals surface area contributed by atoms with E-state index in [1.54, 1.807) is 22.1 Å². The number of aromatic nitrogens is 2. The molecule has 1 aliphatic rings. The van der Waals surface area contributed by atoms with Crippen molar-refractivity contribution in [3.05, 3.63) is 41.0 Å². The monoisotopic (exact) mass is 401 g/mol. The summed E-state index contributed by atoms with van der Waals surface area (Å²) in [6.07, 6.45) is 2.54. The second kappa shape index (κ2) is 8.20. The molecule has 28 heavy (non-hydrogen) atoms. The number of carboxylic acid groups (broad SMARTS) is 1. The Kier molecular flexibility index (Phi) is 5.50. The number of ether oxygens (including phenoxy) is 2. The van der Waals surface area contributed by atoms with Crippen LogP contribution in [0.25, 0.3) is 10.9 Å². The summed E-state index contributed by atoms with van der Waals surface area (Å²) in [5.74, 6) is -0.0743. The minimum absolute atomic E-state index is 0.0434. The topological polar surface area (TPSA) is 76.8 Å². The highest BCUT2D eigenvalue weighted by molar-refractivity contribution is 7.15. The number of hydrogen-bond acceptors (Lipinski definition) is 6. The van der Waals surface area contributed by atoms with Crippen LogP contribution in [0.15, 0.2) is 30.5 Å². The molecule has 0 atom stereocenters. The lowest BCUT2D eigenvalue weighted by Crippen LogP contribution is -2.36. The quantitative estimate of drug-likeness (QED) is 0.656. The van der Waals surface area contributed by atoms with E-state index in [9.17, 15) is 4.79 Å². The number of carbonyl (C=O) groups is 1. The van der Waals surface area contributed by atoms with Gasteiger partial charge >= 0.3 is 5.97 Å². The first-order chi connectivity index (χ1) is 13.6. The van der Waals surface area contributed by atoms with Gasteiger partial charge in [-0.05, 0) is 31.2 Å². The Labute approximate surface area is 167 Å². The Hall–Kier alpha value is -2.58. The van der Waals surface area contributed by atoms with Crippen LogP contribution in [0.5, 0.6) is 5.75 Å². The zero-order chi connectivity index (χ0) is 19.5. The number of benzene rings is 1. The van der Waals surface area contributed by atoms with E-state index in [0.29, 0.717) is 6.61 Å². The molecule has 3 aromatic rings. The zero-order valence-electron chi connectivity index (χ0n) is 15.8. The molecule has 0 bridgehead atoms. The molecule has 1 aliphatic heterocycles. The van der Waals surface area contributed by atoms with E-state index in [2.05, 4.69) is 11.8 Å². The van der Waals surface area contributed by atoms with Crippen molar-refractivity contribution in [1.82, 2.24) is 9.55 Å². The Morgan fingerprint density at radius 3 is 2.93 bits per heavy atom. The highest BCUT2D eigenvalue weighted by Crippen LogP contribution is 2.27. The lowest BCUT2D eigenvalue weighted by molar-refractivity contribution is -0.137. The van der Waals surface area contributed by atoms with Crippen LogP contribution in [0.2, 0.25) is 0 Å². The van der Waals surface area contributed by atoms with Crippen molar-refractivity contribution < 1.29 is 19.4 Å². The number of aliphatic carboxylic acids is 1. The molecule has 1 saturated heterocycles. The third kappa shape index (κ3) is 4.13. The van der Waals surface area contributed by atoms with E-state index >= 15 is 0 Å². The molecular formula is C20H23N3O4S. The van der Waals surface area contributed by atoms with Gasteiger partial charge in [0, 0.05) is 41.5 Å². The summed E-state index contributed by atoms with van der Waals surface area (Å²) in [7, 11) is 0. The van der Waals surface area contributed by atoms with Gasteiger partial charge in [0.05, 0.1) is 25.5 Å². The minimum Gasteiger partial charge on any atom is -0.493 e. The van der Waals surface area contributed by atoms with Crippen molar-refractivity contribution in [2.45, 2.75) is 19.9 Å². The molecule has 7 nitrogen and oxygen atoms in total. The number of carboxylic acids is 1. The Bertz CT molecular complexity index is 975. The molecule has 0 aliphatic carbocycles. The molecule has 148 valence electrons. The van der Waals surface area contributed by atoms with Gasteiger partial charge < -0.3 is 24.0 Å². The summed E-state index contributed by atoms with van der Waals surface area (Å²) in [5, 5.41) is 11.0. The van der Waals surface area contributed by atoms with Crippen LogP contribution in [0.4, 0.5) is 5.13 Å². The van der Waals surface area contributed by atoms with E-state index < -0.39 is 5.97 Å². The molecular weight excluding hydrogens is 378 g/mol. The summed E-state index contributed by atoms with van der Waals surface area (Å²) in [5.41, 5.74) is 1.97. The predicted octanol–water partition coefficient (Wildman–Crippen LogP) is 2.95. The number of morpholine rings is 1. The summed E-state index contributed by atoms with van der Waals surface area (Å²) >= 11 is 1.73. The van der Waals surface area contributed by atoms with Crippen molar-refractivity contribution in [1.29, 1.82) is 0 Å². The predicted molar refractivity (Wildman–Crippen MR) is 109 cm³/mol. The summed E-state index contributed by atoms with van der Waals surface area (Å²) in [4.78, 5) is 19.2. The second-order valence-electron chi connectivity index (χ2n) is 6.76. The highest BCUT2D eigenvalue weighted by Gasteiger charge is 2.17. The van der Waals surface area contributed by atoms with Crippen LogP contribution in [0.3, 0.4) is 0 Å². The third-order valence-electron chi connectivity index (χ3n) is 4.82. The fourth-order valence-electron chi connectivity index (χ4n) is 3.35. The van der Waals surface area contributed by atoms with Gasteiger partial charge in [0.2, 0.25) is 0 Å². The number of nitrogens with zero attached hydrogens (tertiary/aromatic N) is 3. The lowest BCUT2D eigenvalue weighted by Gasteiger charge is -2.26. The SMILES string of the molecule is Cc1sc(N2CCOCC2)nc1CCOc1ccc2c(ccn2CC(=O)O)c1. The van der Waals surface area contributed by atoms with Gasteiger partial charge in [-0.1, -0.05) is 0 Å². The van der Waals surface area contributed by atoms with Crippen LogP contribution in [-0.2, 0) is 22.5 Å². The largest absolute Gasteiger partial charge is 0.493 e. The van der Waals surface area contributed by atoms with Crippen LogP contribution in [-0.4, -0.2) is 53.5 Å². The Morgan fingerprint density at radius 1 is 1.32 bits per heavy atom. The summed E-state index contributed by atoms with van der Waals surface area (Å²) in [6.45, 7) is 5.91. The third-order valence-corrected chi connectivity index (χ3v) is 5.89. The highest BCUT2D eigenvalue weighted by atomic mass is 32.1. The molecule has 3 heterocycles. The molecule has 0 saturated carbocycles. The molecule has 8 heteroatoms. The molecule has 0 amide bonds. The first kappa shape index (κ1) is 18.8. The molecule has 1 N–H and O–H groups in total. The Balaban J connectivity index is 1.37. The lowest BCUT2D eigenvalue weighted by atomic mass is 10.2. The van der Waals surface area contributed by atoms with E-state index in [0.717, 1.165) is 60.2 Å². The van der Waals surface area contributed by atoms with Crippen molar-refractivity contribution >= 4 is 33.3 Å². The number of rotatable bonds is 7. The van der Waals surface area contributed by atoms with Crippen molar-refractivity contribution in [2.75, 3.05) is 37.8 Å². The van der Waals surface area contributed by atoms with Gasteiger partial charge in [-0.15, -0.1) is 11.3 Å². The van der Waals surface area contributed by atoms with Gasteiger partial charge in [-0.3, -0.25) is 4.79 Å². The van der Waals surface area contributed by atoms with Crippen LogP contribution >= 0.6 is 11.3 Å². The maximum Gasteiger partial charge on any atom is 0.323 e. The zero-order valence-corrected chi connectivity index (χ0v) is 16.6. The van der Waals surface area contributed by atoms with Crippen molar-refractivity contribution in [2.24, 2.45) is 0 Å². The number of thiazole rings is 1. The second-order valence-corrected chi connectivity index (χ2v) is 7.94. The van der Waals surface area contributed by atoms with Crippen LogP contribution in [0, 0.1) is 6.92 Å². The molecule has 4 rings (SSSR count). The maximum absolute atomic E-state index is 10.9. The fourth-order valence-corrected chi connectivity index (χ4v) is 4.36. The van der Waals surface area contributed by atoms with E-state index in [1.165, 1.54) is 4.88 Å². The fraction of sp³-hybridized carbons (Fsp3) is 0.400. The summed E-state index contributed by atoms with van der Waals surface area (Å²) in [6, 6.07) is 7.64. The first-order valence-corrected chi connectivity index (χ1v) is 10.1. The van der Waals surface area contributed by atoms with Crippen molar-refractivity contribution in [3.63, 3.8) is 0 Å². The van der Waals surface area contributed by atoms with Gasteiger partial charge in [0.1, 0.15) is 12.3 Å². The average molecular weight is 401 g/mol. The number of aryl methyl sites for hydroxylation is 1. The van der Waals surface area contributed by atoms with Crippen molar-refractivity contribution in [3.8, 4) is 5.75 Å².